The van der Waals surface area contributed by atoms with Crippen LogP contribution in [0, 0.1) is 5.41 Å². The van der Waals surface area contributed by atoms with E-state index in [4.69, 9.17) is 4.74 Å². The number of halogens is 1. The van der Waals surface area contributed by atoms with Crippen LogP contribution in [0.1, 0.15) is 37.6 Å². The Morgan fingerprint density at radius 2 is 2.05 bits per heavy atom. The van der Waals surface area contributed by atoms with Gasteiger partial charge in [-0.2, -0.15) is 0 Å². The maximum Gasteiger partial charge on any atom is 0.251 e. The third-order valence-corrected chi connectivity index (χ3v) is 4.49. The summed E-state index contributed by atoms with van der Waals surface area (Å²) in [6, 6.07) is 7.59. The lowest BCUT2D eigenvalue weighted by atomic mass is 9.64. The first-order valence-corrected chi connectivity index (χ1v) is 7.42. The fourth-order valence-corrected chi connectivity index (χ4v) is 2.72. The Hall–Kier alpha value is -0.870. The fraction of sp³-hybridized carbons (Fsp3) is 0.533. The number of carbonyl (C=O) groups is 1. The molecule has 1 aliphatic rings. The van der Waals surface area contributed by atoms with Crippen molar-refractivity contribution in [2.24, 2.45) is 5.41 Å². The zero-order valence-corrected chi connectivity index (χ0v) is 13.2. The molecule has 2 rings (SSSR count). The Kier molecular flexibility index (Phi) is 4.31. The van der Waals surface area contributed by atoms with Crippen molar-refractivity contribution in [3.8, 4) is 0 Å². The van der Waals surface area contributed by atoms with E-state index in [0.717, 1.165) is 17.5 Å². The molecule has 0 spiro atoms. The van der Waals surface area contributed by atoms with Crippen LogP contribution in [-0.4, -0.2) is 24.7 Å². The topological polar surface area (TPSA) is 38.3 Å². The molecule has 1 saturated carbocycles. The van der Waals surface area contributed by atoms with Crippen LogP contribution in [-0.2, 0) is 4.74 Å². The summed E-state index contributed by atoms with van der Waals surface area (Å²) in [5, 5.41) is 3.10. The van der Waals surface area contributed by atoms with Crippen molar-refractivity contribution in [3.63, 3.8) is 0 Å². The van der Waals surface area contributed by atoms with Crippen LogP contribution < -0.4 is 5.32 Å². The van der Waals surface area contributed by atoms with Gasteiger partial charge in [-0.15, -0.1) is 0 Å². The van der Waals surface area contributed by atoms with Gasteiger partial charge >= 0.3 is 0 Å². The van der Waals surface area contributed by atoms with Gasteiger partial charge in [0, 0.05) is 28.1 Å². The van der Waals surface area contributed by atoms with Gasteiger partial charge in [-0.05, 0) is 37.6 Å². The predicted molar refractivity (Wildman–Crippen MR) is 79.2 cm³/mol. The van der Waals surface area contributed by atoms with Gasteiger partial charge in [-0.25, -0.2) is 0 Å². The molecule has 0 aliphatic heterocycles. The molecule has 1 aromatic carbocycles. The van der Waals surface area contributed by atoms with Crippen LogP contribution in [0.2, 0.25) is 0 Å². The van der Waals surface area contributed by atoms with E-state index in [1.807, 2.05) is 31.2 Å². The minimum Gasteiger partial charge on any atom is -0.378 e. The van der Waals surface area contributed by atoms with E-state index >= 15 is 0 Å². The smallest absolute Gasteiger partial charge is 0.251 e. The highest BCUT2D eigenvalue weighted by atomic mass is 79.9. The van der Waals surface area contributed by atoms with E-state index in [1.165, 1.54) is 0 Å². The molecule has 104 valence electrons. The van der Waals surface area contributed by atoms with Gasteiger partial charge in [0.1, 0.15) is 0 Å². The van der Waals surface area contributed by atoms with E-state index in [1.54, 1.807) is 0 Å². The summed E-state index contributed by atoms with van der Waals surface area (Å²) < 4.78 is 6.65. The standard InChI is InChI=1S/C15H20BrNO2/c1-4-19-13-9-12(15(13,2)3)17-14(18)10-5-7-11(16)8-6-10/h5-8,12-13H,4,9H2,1-3H3,(H,17,18). The van der Waals surface area contributed by atoms with Crippen molar-refractivity contribution in [1.82, 2.24) is 5.32 Å². The summed E-state index contributed by atoms with van der Waals surface area (Å²) >= 11 is 3.37. The SMILES string of the molecule is CCOC1CC(NC(=O)c2ccc(Br)cc2)C1(C)C. The third kappa shape index (κ3) is 3.00. The number of hydrogen-bond donors (Lipinski definition) is 1. The lowest BCUT2D eigenvalue weighted by Crippen LogP contribution is -2.62. The molecule has 0 heterocycles. The Morgan fingerprint density at radius 1 is 1.42 bits per heavy atom. The van der Waals surface area contributed by atoms with Gasteiger partial charge in [-0.3, -0.25) is 4.79 Å². The number of carbonyl (C=O) groups excluding carboxylic acids is 1. The second-order valence-electron chi connectivity index (χ2n) is 5.53. The van der Waals surface area contributed by atoms with Crippen LogP contribution in [0.15, 0.2) is 28.7 Å². The lowest BCUT2D eigenvalue weighted by Gasteiger charge is -2.51. The summed E-state index contributed by atoms with van der Waals surface area (Å²) in [6.45, 7) is 7.01. The minimum atomic E-state index is -0.0134. The molecule has 1 aromatic rings. The van der Waals surface area contributed by atoms with E-state index < -0.39 is 0 Å². The highest BCUT2D eigenvalue weighted by molar-refractivity contribution is 9.10. The molecule has 3 nitrogen and oxygen atoms in total. The first-order valence-electron chi connectivity index (χ1n) is 6.63. The van der Waals surface area contributed by atoms with E-state index in [9.17, 15) is 4.79 Å². The van der Waals surface area contributed by atoms with E-state index in [0.29, 0.717) is 5.56 Å². The molecule has 2 atom stereocenters. The number of hydrogen-bond acceptors (Lipinski definition) is 2. The number of rotatable bonds is 4. The number of nitrogens with one attached hydrogen (secondary N) is 1. The van der Waals surface area contributed by atoms with Gasteiger partial charge in [-0.1, -0.05) is 29.8 Å². The largest absolute Gasteiger partial charge is 0.378 e. The highest BCUT2D eigenvalue weighted by Gasteiger charge is 2.49. The van der Waals surface area contributed by atoms with Crippen LogP contribution in [0.3, 0.4) is 0 Å². The summed E-state index contributed by atoms with van der Waals surface area (Å²) in [4.78, 5) is 12.1. The summed E-state index contributed by atoms with van der Waals surface area (Å²) in [5.41, 5.74) is 0.694. The lowest BCUT2D eigenvalue weighted by molar-refractivity contribution is -0.111. The molecule has 1 fully saturated rings. The predicted octanol–water partition coefficient (Wildman–Crippen LogP) is 3.38. The zero-order chi connectivity index (χ0) is 14.0. The van der Waals surface area contributed by atoms with E-state index in [2.05, 4.69) is 35.1 Å². The molecular formula is C15H20BrNO2. The van der Waals surface area contributed by atoms with Gasteiger partial charge in [0.25, 0.3) is 5.91 Å². The number of ether oxygens (including phenoxy) is 1. The van der Waals surface area contributed by atoms with Crippen LogP contribution in [0.5, 0.6) is 0 Å². The number of amides is 1. The fourth-order valence-electron chi connectivity index (χ4n) is 2.46. The van der Waals surface area contributed by atoms with Crippen molar-refractivity contribution in [2.75, 3.05) is 6.61 Å². The quantitative estimate of drug-likeness (QED) is 0.921. The molecule has 0 radical (unpaired) electrons. The Morgan fingerprint density at radius 3 is 2.58 bits per heavy atom. The molecule has 4 heteroatoms. The van der Waals surface area contributed by atoms with Gasteiger partial charge in [0.2, 0.25) is 0 Å². The molecule has 0 bridgehead atoms. The van der Waals surface area contributed by atoms with E-state index in [-0.39, 0.29) is 23.5 Å². The molecule has 0 saturated heterocycles. The number of benzene rings is 1. The van der Waals surface area contributed by atoms with Gasteiger partial charge in [0.05, 0.1) is 6.10 Å². The normalized spacial score (nSPS) is 24.6. The second-order valence-corrected chi connectivity index (χ2v) is 6.45. The van der Waals surface area contributed by atoms with Crippen molar-refractivity contribution < 1.29 is 9.53 Å². The maximum atomic E-state index is 12.1. The molecule has 0 aromatic heterocycles. The first-order chi connectivity index (χ1) is 8.95. The summed E-state index contributed by atoms with van der Waals surface area (Å²) in [5.74, 6) is -0.0134. The van der Waals surface area contributed by atoms with Crippen LogP contribution in [0.25, 0.3) is 0 Å². The first kappa shape index (κ1) is 14.5. The average molecular weight is 326 g/mol. The molecular weight excluding hydrogens is 306 g/mol. The maximum absolute atomic E-state index is 12.1. The summed E-state index contributed by atoms with van der Waals surface area (Å²) in [6.07, 6.45) is 1.14. The molecule has 1 aliphatic carbocycles. The van der Waals surface area contributed by atoms with Crippen molar-refractivity contribution >= 4 is 21.8 Å². The van der Waals surface area contributed by atoms with Gasteiger partial charge in [0.15, 0.2) is 0 Å². The van der Waals surface area contributed by atoms with Crippen LogP contribution in [0.4, 0.5) is 0 Å². The Balaban J connectivity index is 1.96. The average Bonchev–Trinajstić information content (AvgIpc) is 2.38. The monoisotopic (exact) mass is 325 g/mol. The Bertz CT molecular complexity index is 456. The highest BCUT2D eigenvalue weighted by Crippen LogP contribution is 2.42. The zero-order valence-electron chi connectivity index (χ0n) is 11.6. The molecule has 1 amide bonds. The van der Waals surface area contributed by atoms with Crippen molar-refractivity contribution in [3.05, 3.63) is 34.3 Å². The van der Waals surface area contributed by atoms with Crippen molar-refractivity contribution in [1.29, 1.82) is 0 Å². The van der Waals surface area contributed by atoms with Crippen LogP contribution >= 0.6 is 15.9 Å². The molecule has 1 N–H and O–H groups in total. The minimum absolute atomic E-state index is 0.00103. The van der Waals surface area contributed by atoms with Gasteiger partial charge < -0.3 is 10.1 Å². The summed E-state index contributed by atoms with van der Waals surface area (Å²) in [7, 11) is 0. The third-order valence-electron chi connectivity index (χ3n) is 3.96. The molecule has 2 unspecified atom stereocenters. The second kappa shape index (κ2) is 5.63. The molecule has 19 heavy (non-hydrogen) atoms. The van der Waals surface area contributed by atoms with Crippen molar-refractivity contribution in [2.45, 2.75) is 39.3 Å². The Labute approximate surface area is 122 Å².